The third kappa shape index (κ3) is 5.13. The van der Waals surface area contributed by atoms with Crippen LogP contribution in [0.5, 0.6) is 0 Å². The highest BCUT2D eigenvalue weighted by molar-refractivity contribution is 6.31. The first-order chi connectivity index (χ1) is 10.2. The standard InChI is InChI=1S/C16H26ClN3O/c1-3-8-18-16-7-6-14(17)15(19-16)11-20-9-4-5-13(10-20)12-21-2/h6-7,13H,3-5,8-12H2,1-2H3,(H,18,19). The SMILES string of the molecule is CCCNc1ccc(Cl)c(CN2CCCC(COC)C2)n1. The Bertz CT molecular complexity index is 440. The van der Waals surface area contributed by atoms with E-state index in [1.807, 2.05) is 12.1 Å². The van der Waals surface area contributed by atoms with E-state index in [4.69, 9.17) is 16.3 Å². The number of ether oxygens (including phenoxy) is 1. The van der Waals surface area contributed by atoms with E-state index in [0.717, 1.165) is 55.7 Å². The van der Waals surface area contributed by atoms with E-state index in [-0.39, 0.29) is 0 Å². The number of methoxy groups -OCH3 is 1. The third-order valence-electron chi connectivity index (χ3n) is 3.85. The predicted molar refractivity (Wildman–Crippen MR) is 87.9 cm³/mol. The minimum atomic E-state index is 0.629. The molecule has 1 saturated heterocycles. The van der Waals surface area contributed by atoms with Crippen LogP contribution in [0.1, 0.15) is 31.9 Å². The second-order valence-electron chi connectivity index (χ2n) is 5.75. The summed E-state index contributed by atoms with van der Waals surface area (Å²) in [5, 5.41) is 4.08. The molecular weight excluding hydrogens is 286 g/mol. The largest absolute Gasteiger partial charge is 0.384 e. The summed E-state index contributed by atoms with van der Waals surface area (Å²) in [6, 6.07) is 3.89. The maximum Gasteiger partial charge on any atom is 0.126 e. The monoisotopic (exact) mass is 311 g/mol. The highest BCUT2D eigenvalue weighted by Crippen LogP contribution is 2.22. The molecule has 1 atom stereocenters. The molecule has 0 amide bonds. The van der Waals surface area contributed by atoms with E-state index in [0.29, 0.717) is 5.92 Å². The summed E-state index contributed by atoms with van der Waals surface area (Å²) < 4.78 is 5.29. The first-order valence-electron chi connectivity index (χ1n) is 7.83. The number of hydrogen-bond acceptors (Lipinski definition) is 4. The van der Waals surface area contributed by atoms with Crippen molar-refractivity contribution in [1.29, 1.82) is 0 Å². The van der Waals surface area contributed by atoms with Crippen molar-refractivity contribution in [1.82, 2.24) is 9.88 Å². The fourth-order valence-electron chi connectivity index (χ4n) is 2.83. The first kappa shape index (κ1) is 16.5. The van der Waals surface area contributed by atoms with Crippen LogP contribution in [0.3, 0.4) is 0 Å². The van der Waals surface area contributed by atoms with E-state index in [2.05, 4.69) is 22.1 Å². The van der Waals surface area contributed by atoms with Crippen molar-refractivity contribution in [2.75, 3.05) is 38.7 Å². The molecule has 1 unspecified atom stereocenters. The molecule has 2 rings (SSSR count). The second kappa shape index (κ2) is 8.57. The van der Waals surface area contributed by atoms with Gasteiger partial charge in [0.25, 0.3) is 0 Å². The van der Waals surface area contributed by atoms with Crippen LogP contribution in [-0.2, 0) is 11.3 Å². The maximum absolute atomic E-state index is 6.31. The van der Waals surface area contributed by atoms with Gasteiger partial charge in [0.2, 0.25) is 0 Å². The Hall–Kier alpha value is -0.840. The van der Waals surface area contributed by atoms with Crippen LogP contribution >= 0.6 is 11.6 Å². The molecule has 4 nitrogen and oxygen atoms in total. The van der Waals surface area contributed by atoms with Gasteiger partial charge in [0.1, 0.15) is 5.82 Å². The molecule has 1 fully saturated rings. The molecule has 1 aromatic heterocycles. The number of anilines is 1. The lowest BCUT2D eigenvalue weighted by molar-refractivity contribution is 0.0868. The van der Waals surface area contributed by atoms with E-state index in [9.17, 15) is 0 Å². The highest BCUT2D eigenvalue weighted by Gasteiger charge is 2.21. The van der Waals surface area contributed by atoms with Crippen molar-refractivity contribution >= 4 is 17.4 Å². The maximum atomic E-state index is 6.31. The minimum absolute atomic E-state index is 0.629. The number of nitrogens with one attached hydrogen (secondary N) is 1. The molecule has 0 radical (unpaired) electrons. The average molecular weight is 312 g/mol. The van der Waals surface area contributed by atoms with Gasteiger partial charge in [-0.05, 0) is 43.9 Å². The Morgan fingerprint density at radius 2 is 2.33 bits per heavy atom. The van der Waals surface area contributed by atoms with Crippen molar-refractivity contribution in [3.8, 4) is 0 Å². The molecule has 0 aliphatic carbocycles. The number of piperidine rings is 1. The summed E-state index contributed by atoms with van der Waals surface area (Å²) in [5.74, 6) is 1.55. The van der Waals surface area contributed by atoms with Gasteiger partial charge in [-0.25, -0.2) is 4.98 Å². The molecular formula is C16H26ClN3O. The lowest BCUT2D eigenvalue weighted by atomic mass is 9.99. The Morgan fingerprint density at radius 1 is 1.48 bits per heavy atom. The molecule has 1 aliphatic rings. The van der Waals surface area contributed by atoms with E-state index >= 15 is 0 Å². The van der Waals surface area contributed by atoms with Gasteiger partial charge < -0.3 is 10.1 Å². The molecule has 1 aliphatic heterocycles. The molecule has 2 heterocycles. The van der Waals surface area contributed by atoms with E-state index in [1.165, 1.54) is 12.8 Å². The summed E-state index contributed by atoms with van der Waals surface area (Å²) in [4.78, 5) is 7.09. The van der Waals surface area contributed by atoms with Gasteiger partial charge in [0.15, 0.2) is 0 Å². The van der Waals surface area contributed by atoms with Gasteiger partial charge in [0, 0.05) is 26.7 Å². The van der Waals surface area contributed by atoms with Crippen LogP contribution < -0.4 is 5.32 Å². The van der Waals surface area contributed by atoms with E-state index in [1.54, 1.807) is 7.11 Å². The fraction of sp³-hybridized carbons (Fsp3) is 0.688. The lowest BCUT2D eigenvalue weighted by Crippen LogP contribution is -2.36. The van der Waals surface area contributed by atoms with Crippen molar-refractivity contribution in [3.63, 3.8) is 0 Å². The summed E-state index contributed by atoms with van der Waals surface area (Å²) >= 11 is 6.31. The van der Waals surface area contributed by atoms with Crippen LogP contribution in [0.2, 0.25) is 5.02 Å². The van der Waals surface area contributed by atoms with Crippen LogP contribution in [-0.4, -0.2) is 43.2 Å². The summed E-state index contributed by atoms with van der Waals surface area (Å²) in [7, 11) is 1.78. The molecule has 21 heavy (non-hydrogen) atoms. The van der Waals surface area contributed by atoms with Crippen LogP contribution in [0.4, 0.5) is 5.82 Å². The normalized spacial score (nSPS) is 19.7. The Labute approximate surface area is 132 Å². The van der Waals surface area contributed by atoms with Crippen molar-refractivity contribution in [2.24, 2.45) is 5.92 Å². The Balaban J connectivity index is 1.97. The number of aromatic nitrogens is 1. The predicted octanol–water partition coefficient (Wildman–Crippen LogP) is 3.42. The zero-order chi connectivity index (χ0) is 15.1. The molecule has 0 spiro atoms. The Morgan fingerprint density at radius 3 is 3.10 bits per heavy atom. The van der Waals surface area contributed by atoms with Crippen LogP contribution in [0, 0.1) is 5.92 Å². The van der Waals surface area contributed by atoms with E-state index < -0.39 is 0 Å². The number of nitrogens with zero attached hydrogens (tertiary/aromatic N) is 2. The van der Waals surface area contributed by atoms with Gasteiger partial charge in [0.05, 0.1) is 17.3 Å². The van der Waals surface area contributed by atoms with Crippen molar-refractivity contribution in [2.45, 2.75) is 32.7 Å². The smallest absolute Gasteiger partial charge is 0.126 e. The average Bonchev–Trinajstić information content (AvgIpc) is 2.49. The lowest BCUT2D eigenvalue weighted by Gasteiger charge is -2.32. The number of rotatable bonds is 7. The molecule has 1 N–H and O–H groups in total. The van der Waals surface area contributed by atoms with Gasteiger partial charge in [-0.15, -0.1) is 0 Å². The molecule has 0 aromatic carbocycles. The third-order valence-corrected chi connectivity index (χ3v) is 4.20. The zero-order valence-electron chi connectivity index (χ0n) is 13.1. The Kier molecular flexibility index (Phi) is 6.74. The van der Waals surface area contributed by atoms with Gasteiger partial charge in [-0.3, -0.25) is 4.90 Å². The quantitative estimate of drug-likeness (QED) is 0.837. The second-order valence-corrected chi connectivity index (χ2v) is 6.16. The molecule has 0 saturated carbocycles. The number of likely N-dealkylation sites (tertiary alicyclic amines) is 1. The molecule has 1 aromatic rings. The topological polar surface area (TPSA) is 37.4 Å². The van der Waals surface area contributed by atoms with Gasteiger partial charge in [-0.1, -0.05) is 18.5 Å². The van der Waals surface area contributed by atoms with Crippen LogP contribution in [0.25, 0.3) is 0 Å². The molecule has 118 valence electrons. The molecule has 5 heteroatoms. The minimum Gasteiger partial charge on any atom is -0.384 e. The fourth-order valence-corrected chi connectivity index (χ4v) is 2.99. The number of pyridine rings is 1. The first-order valence-corrected chi connectivity index (χ1v) is 8.21. The summed E-state index contributed by atoms with van der Waals surface area (Å²) in [6.45, 7) is 6.93. The van der Waals surface area contributed by atoms with Crippen LogP contribution in [0.15, 0.2) is 12.1 Å². The highest BCUT2D eigenvalue weighted by atomic mass is 35.5. The summed E-state index contributed by atoms with van der Waals surface area (Å²) in [6.07, 6.45) is 3.56. The van der Waals surface area contributed by atoms with Gasteiger partial charge in [-0.2, -0.15) is 0 Å². The van der Waals surface area contributed by atoms with Gasteiger partial charge >= 0.3 is 0 Å². The zero-order valence-corrected chi connectivity index (χ0v) is 13.8. The van der Waals surface area contributed by atoms with Crippen molar-refractivity contribution in [3.05, 3.63) is 22.8 Å². The number of hydrogen-bond donors (Lipinski definition) is 1. The summed E-state index contributed by atoms with van der Waals surface area (Å²) in [5.41, 5.74) is 0.968. The molecule has 0 bridgehead atoms. The number of halogens is 1. The van der Waals surface area contributed by atoms with Crippen molar-refractivity contribution < 1.29 is 4.74 Å².